The summed E-state index contributed by atoms with van der Waals surface area (Å²) in [5.41, 5.74) is 10.5. The third kappa shape index (κ3) is 6.77. The predicted molar refractivity (Wildman–Crippen MR) is 179 cm³/mol. The van der Waals surface area contributed by atoms with E-state index >= 15 is 0 Å². The first-order valence-corrected chi connectivity index (χ1v) is 15.4. The predicted octanol–water partition coefficient (Wildman–Crippen LogP) is 9.60. The Morgan fingerprint density at radius 1 is 0.643 bits per heavy atom. The molecular weight excluding hydrogens is 656 g/mol. The lowest BCUT2D eigenvalue weighted by Gasteiger charge is -2.11. The van der Waals surface area contributed by atoms with Crippen LogP contribution in [0.3, 0.4) is 0 Å². The van der Waals surface area contributed by atoms with Crippen molar-refractivity contribution in [2.75, 3.05) is 28.4 Å². The molecule has 6 rings (SSSR count). The van der Waals surface area contributed by atoms with Crippen LogP contribution in [0.2, 0.25) is 0 Å². The van der Waals surface area contributed by atoms with Gasteiger partial charge in [0.15, 0.2) is 0 Å². The summed E-state index contributed by atoms with van der Waals surface area (Å²) in [5.74, 6) is 3.28. The van der Waals surface area contributed by atoms with Gasteiger partial charge in [0.25, 0.3) is 0 Å². The Bertz CT molecular complexity index is 1610. The Labute approximate surface area is 265 Å². The average Bonchev–Trinajstić information content (AvgIpc) is 3.62. The fourth-order valence-corrected chi connectivity index (χ4v) is 6.90. The van der Waals surface area contributed by atoms with Crippen molar-refractivity contribution in [2.24, 2.45) is 0 Å². The highest BCUT2D eigenvalue weighted by atomic mass is 79.9. The molecule has 0 heterocycles. The van der Waals surface area contributed by atoms with E-state index in [0.717, 1.165) is 54.2 Å². The van der Waals surface area contributed by atoms with Gasteiger partial charge in [-0.1, -0.05) is 68.3 Å². The topological polar surface area (TPSA) is 36.9 Å². The lowest BCUT2D eigenvalue weighted by molar-refractivity contribution is 0.393. The summed E-state index contributed by atoms with van der Waals surface area (Å²) in [4.78, 5) is 0. The van der Waals surface area contributed by atoms with Crippen molar-refractivity contribution in [1.82, 2.24) is 0 Å². The number of rotatable bonds is 7. The quantitative estimate of drug-likeness (QED) is 0.194. The summed E-state index contributed by atoms with van der Waals surface area (Å²) in [6, 6.07) is 24.8. The zero-order valence-corrected chi connectivity index (χ0v) is 27.5. The van der Waals surface area contributed by atoms with Gasteiger partial charge in [-0.3, -0.25) is 0 Å². The van der Waals surface area contributed by atoms with Crippen LogP contribution in [0.1, 0.15) is 39.8 Å². The maximum atomic E-state index is 5.35. The van der Waals surface area contributed by atoms with E-state index in [0.29, 0.717) is 0 Å². The summed E-state index contributed by atoms with van der Waals surface area (Å²) >= 11 is 7.33. The minimum atomic E-state index is 0.812. The standard InChI is InChI=1S/2C18H17BrO2/c2*1-20-15-9-12(10-16(11-15)21-2)8-14-7-6-13-4-3-5-17(19)18(13)14/h3-5,8-11H,6-7H2,1-2H3;3-5,7,9-11H,6,8H2,1-2H3/b14-8+;. The molecule has 0 aromatic heterocycles. The van der Waals surface area contributed by atoms with E-state index in [4.69, 9.17) is 18.9 Å². The fourth-order valence-electron chi connectivity index (χ4n) is 5.57. The molecule has 0 aliphatic heterocycles. The summed E-state index contributed by atoms with van der Waals surface area (Å²) in [7, 11) is 6.71. The zero-order valence-electron chi connectivity index (χ0n) is 24.3. The van der Waals surface area contributed by atoms with Crippen LogP contribution in [-0.4, -0.2) is 28.4 Å². The number of fused-ring (bicyclic) bond motifs is 2. The van der Waals surface area contributed by atoms with E-state index in [1.165, 1.54) is 47.9 Å². The number of halogens is 2. The van der Waals surface area contributed by atoms with E-state index in [9.17, 15) is 0 Å². The Morgan fingerprint density at radius 2 is 1.19 bits per heavy atom. The Balaban J connectivity index is 0.000000168. The molecule has 2 aliphatic rings. The first-order valence-electron chi connectivity index (χ1n) is 13.8. The van der Waals surface area contributed by atoms with Crippen molar-refractivity contribution in [3.63, 3.8) is 0 Å². The molecule has 0 fully saturated rings. The Morgan fingerprint density at radius 3 is 1.79 bits per heavy atom. The molecule has 0 unspecified atom stereocenters. The molecule has 0 radical (unpaired) electrons. The second-order valence-corrected chi connectivity index (χ2v) is 11.9. The number of ether oxygens (including phenoxy) is 4. The maximum Gasteiger partial charge on any atom is 0.123 e. The van der Waals surface area contributed by atoms with E-state index in [2.05, 4.69) is 92.5 Å². The van der Waals surface area contributed by atoms with E-state index in [1.807, 2.05) is 24.3 Å². The maximum absolute atomic E-state index is 5.35. The molecule has 42 heavy (non-hydrogen) atoms. The molecule has 0 saturated carbocycles. The monoisotopic (exact) mass is 688 g/mol. The van der Waals surface area contributed by atoms with Gasteiger partial charge in [0.2, 0.25) is 0 Å². The van der Waals surface area contributed by atoms with Gasteiger partial charge in [-0.25, -0.2) is 0 Å². The normalized spacial score (nSPS) is 14.0. The van der Waals surface area contributed by atoms with Gasteiger partial charge in [-0.05, 0) is 107 Å². The zero-order chi connectivity index (χ0) is 29.6. The second-order valence-electron chi connectivity index (χ2n) is 10.2. The molecule has 0 bridgehead atoms. The van der Waals surface area contributed by atoms with Crippen molar-refractivity contribution in [3.8, 4) is 23.0 Å². The molecule has 4 nitrogen and oxygen atoms in total. The lowest BCUT2D eigenvalue weighted by Crippen LogP contribution is -1.94. The number of hydrogen-bond acceptors (Lipinski definition) is 4. The van der Waals surface area contributed by atoms with E-state index < -0.39 is 0 Å². The highest BCUT2D eigenvalue weighted by molar-refractivity contribution is 9.10. The Kier molecular flexibility index (Phi) is 9.76. The van der Waals surface area contributed by atoms with Crippen molar-refractivity contribution < 1.29 is 18.9 Å². The Hall–Kier alpha value is -3.48. The van der Waals surface area contributed by atoms with Crippen LogP contribution in [-0.2, 0) is 19.3 Å². The third-order valence-corrected chi connectivity index (χ3v) is 8.92. The number of aryl methyl sites for hydroxylation is 1. The number of methoxy groups -OCH3 is 4. The van der Waals surface area contributed by atoms with Crippen LogP contribution >= 0.6 is 31.9 Å². The lowest BCUT2D eigenvalue weighted by atomic mass is 9.99. The van der Waals surface area contributed by atoms with Gasteiger partial charge in [0.05, 0.1) is 28.4 Å². The molecule has 4 aromatic carbocycles. The molecule has 216 valence electrons. The van der Waals surface area contributed by atoms with Crippen LogP contribution in [0.25, 0.3) is 17.2 Å². The first-order chi connectivity index (χ1) is 20.4. The molecule has 4 aromatic rings. The van der Waals surface area contributed by atoms with Crippen molar-refractivity contribution in [1.29, 1.82) is 0 Å². The average molecular weight is 690 g/mol. The highest BCUT2D eigenvalue weighted by Gasteiger charge is 2.19. The minimum absolute atomic E-state index is 0.812. The van der Waals surface area contributed by atoms with Gasteiger partial charge in [-0.15, -0.1) is 0 Å². The van der Waals surface area contributed by atoms with Crippen LogP contribution in [0.4, 0.5) is 0 Å². The molecule has 0 atom stereocenters. The summed E-state index contributed by atoms with van der Waals surface area (Å²) < 4.78 is 23.7. The van der Waals surface area contributed by atoms with Crippen molar-refractivity contribution in [3.05, 3.63) is 121 Å². The summed E-state index contributed by atoms with van der Waals surface area (Å²) in [6.45, 7) is 0. The van der Waals surface area contributed by atoms with Crippen LogP contribution in [0.5, 0.6) is 23.0 Å². The molecule has 0 amide bonds. The van der Waals surface area contributed by atoms with Crippen LogP contribution < -0.4 is 18.9 Å². The molecule has 2 aliphatic carbocycles. The number of hydrogen-bond donors (Lipinski definition) is 0. The first kappa shape index (κ1) is 30.0. The van der Waals surface area contributed by atoms with Gasteiger partial charge in [-0.2, -0.15) is 0 Å². The van der Waals surface area contributed by atoms with Gasteiger partial charge >= 0.3 is 0 Å². The number of benzene rings is 4. The largest absolute Gasteiger partial charge is 0.497 e. The van der Waals surface area contributed by atoms with Gasteiger partial charge < -0.3 is 18.9 Å². The SMILES string of the molecule is COc1cc(/C=C2\CCc3cccc(Br)c32)cc(OC)c1.COc1cc(CC2=CCc3cccc(Br)c32)cc(OC)c1. The van der Waals surface area contributed by atoms with Crippen LogP contribution in [0.15, 0.2) is 87.8 Å². The molecule has 0 N–H and O–H groups in total. The van der Waals surface area contributed by atoms with Crippen molar-refractivity contribution >= 4 is 49.1 Å². The van der Waals surface area contributed by atoms with Gasteiger partial charge in [0, 0.05) is 21.1 Å². The number of allylic oxidation sites excluding steroid dienone is 3. The van der Waals surface area contributed by atoms with Gasteiger partial charge in [0.1, 0.15) is 23.0 Å². The molecular formula is C36H34Br2O4. The minimum Gasteiger partial charge on any atom is -0.497 e. The van der Waals surface area contributed by atoms with Crippen LogP contribution in [0, 0.1) is 0 Å². The molecule has 6 heteroatoms. The second kappa shape index (κ2) is 13.7. The molecule has 0 saturated heterocycles. The summed E-state index contributed by atoms with van der Waals surface area (Å²) in [6.07, 6.45) is 8.58. The van der Waals surface area contributed by atoms with E-state index in [1.54, 1.807) is 28.4 Å². The van der Waals surface area contributed by atoms with Crippen molar-refractivity contribution in [2.45, 2.75) is 25.7 Å². The smallest absolute Gasteiger partial charge is 0.123 e. The summed E-state index contributed by atoms with van der Waals surface area (Å²) in [5, 5.41) is 0. The third-order valence-electron chi connectivity index (χ3n) is 7.59. The van der Waals surface area contributed by atoms with E-state index in [-0.39, 0.29) is 0 Å². The fraction of sp³-hybridized carbons (Fsp3) is 0.222. The highest BCUT2D eigenvalue weighted by Crippen LogP contribution is 2.39. The molecule has 0 spiro atoms.